The molecule has 21 heavy (non-hydrogen) atoms. The van der Waals surface area contributed by atoms with E-state index < -0.39 is 0 Å². The molecule has 1 saturated carbocycles. The highest BCUT2D eigenvalue weighted by Crippen LogP contribution is 2.28. The summed E-state index contributed by atoms with van der Waals surface area (Å²) < 4.78 is 4.09. The van der Waals surface area contributed by atoms with E-state index in [1.807, 2.05) is 29.1 Å². The van der Waals surface area contributed by atoms with Crippen molar-refractivity contribution in [3.05, 3.63) is 42.4 Å². The van der Waals surface area contributed by atoms with Gasteiger partial charge in [0.25, 0.3) is 0 Å². The SMILES string of the molecule is Nc1ccc2cnn(Cc3ccn(C4CCCC4)n3)c2c1. The van der Waals surface area contributed by atoms with Crippen LogP contribution in [0.2, 0.25) is 0 Å². The maximum Gasteiger partial charge on any atom is 0.0857 e. The summed E-state index contributed by atoms with van der Waals surface area (Å²) in [4.78, 5) is 0. The van der Waals surface area contributed by atoms with E-state index in [0.29, 0.717) is 12.6 Å². The quantitative estimate of drug-likeness (QED) is 0.751. The molecule has 2 heterocycles. The van der Waals surface area contributed by atoms with E-state index in [1.54, 1.807) is 0 Å². The van der Waals surface area contributed by atoms with Gasteiger partial charge in [0.2, 0.25) is 0 Å². The number of hydrogen-bond acceptors (Lipinski definition) is 3. The first-order valence-electron chi connectivity index (χ1n) is 7.55. The van der Waals surface area contributed by atoms with E-state index >= 15 is 0 Å². The van der Waals surface area contributed by atoms with Crippen LogP contribution < -0.4 is 5.73 Å². The van der Waals surface area contributed by atoms with Gasteiger partial charge < -0.3 is 5.73 Å². The number of nitrogens with zero attached hydrogens (tertiary/aromatic N) is 4. The molecule has 3 aromatic rings. The Morgan fingerprint density at radius 3 is 2.90 bits per heavy atom. The Labute approximate surface area is 123 Å². The summed E-state index contributed by atoms with van der Waals surface area (Å²) in [5.74, 6) is 0. The number of nitrogens with two attached hydrogens (primary N) is 1. The van der Waals surface area contributed by atoms with Crippen molar-refractivity contribution in [2.75, 3.05) is 5.73 Å². The Morgan fingerprint density at radius 2 is 2.05 bits per heavy atom. The molecule has 4 rings (SSSR count). The summed E-state index contributed by atoms with van der Waals surface area (Å²) >= 11 is 0. The monoisotopic (exact) mass is 281 g/mol. The lowest BCUT2D eigenvalue weighted by Gasteiger charge is -2.09. The topological polar surface area (TPSA) is 61.7 Å². The zero-order chi connectivity index (χ0) is 14.2. The van der Waals surface area contributed by atoms with Crippen molar-refractivity contribution < 1.29 is 0 Å². The summed E-state index contributed by atoms with van der Waals surface area (Å²) in [6.45, 7) is 0.687. The fourth-order valence-corrected chi connectivity index (χ4v) is 3.20. The molecule has 0 spiro atoms. The number of rotatable bonds is 3. The molecule has 2 aromatic heterocycles. The molecule has 0 radical (unpaired) electrons. The van der Waals surface area contributed by atoms with Gasteiger partial charge in [0.1, 0.15) is 0 Å². The van der Waals surface area contributed by atoms with Crippen LogP contribution in [0.3, 0.4) is 0 Å². The minimum Gasteiger partial charge on any atom is -0.399 e. The molecule has 1 aromatic carbocycles. The van der Waals surface area contributed by atoms with Gasteiger partial charge in [0.05, 0.1) is 30.0 Å². The smallest absolute Gasteiger partial charge is 0.0857 e. The highest BCUT2D eigenvalue weighted by molar-refractivity contribution is 5.81. The predicted molar refractivity (Wildman–Crippen MR) is 83.0 cm³/mol. The Bertz CT molecular complexity index is 764. The fourth-order valence-electron chi connectivity index (χ4n) is 3.20. The second-order valence-corrected chi connectivity index (χ2v) is 5.85. The van der Waals surface area contributed by atoms with Crippen LogP contribution in [-0.4, -0.2) is 19.6 Å². The minimum atomic E-state index is 0.587. The average molecular weight is 281 g/mol. The fraction of sp³-hybridized carbons (Fsp3) is 0.375. The third kappa shape index (κ3) is 2.28. The van der Waals surface area contributed by atoms with Crippen LogP contribution in [0.4, 0.5) is 5.69 Å². The summed E-state index contributed by atoms with van der Waals surface area (Å²) in [5, 5.41) is 10.3. The first-order chi connectivity index (χ1) is 10.3. The standard InChI is InChI=1S/C16H19N5/c17-13-6-5-12-10-18-21(16(12)9-13)11-14-7-8-20(19-14)15-3-1-2-4-15/h5-10,15H,1-4,11,17H2. The number of fused-ring (bicyclic) bond motifs is 1. The molecule has 5 nitrogen and oxygen atoms in total. The van der Waals surface area contributed by atoms with Crippen molar-refractivity contribution in [3.8, 4) is 0 Å². The van der Waals surface area contributed by atoms with Crippen molar-refractivity contribution in [1.82, 2.24) is 19.6 Å². The molecule has 5 heteroatoms. The lowest BCUT2D eigenvalue weighted by Crippen LogP contribution is -2.07. The molecule has 108 valence electrons. The van der Waals surface area contributed by atoms with Gasteiger partial charge in [-0.1, -0.05) is 12.8 Å². The first-order valence-corrected chi connectivity index (χ1v) is 7.55. The summed E-state index contributed by atoms with van der Waals surface area (Å²) in [6.07, 6.45) is 9.13. The van der Waals surface area contributed by atoms with E-state index in [0.717, 1.165) is 22.3 Å². The molecule has 0 atom stereocenters. The van der Waals surface area contributed by atoms with Crippen LogP contribution >= 0.6 is 0 Å². The van der Waals surface area contributed by atoms with Gasteiger partial charge in [0.15, 0.2) is 0 Å². The number of nitrogen functional groups attached to an aromatic ring is 1. The number of hydrogen-bond donors (Lipinski definition) is 1. The Morgan fingerprint density at radius 1 is 1.19 bits per heavy atom. The molecule has 2 N–H and O–H groups in total. The second kappa shape index (κ2) is 4.91. The summed E-state index contributed by atoms with van der Waals surface area (Å²) in [5.41, 5.74) is 8.75. The number of aromatic nitrogens is 4. The normalized spacial score (nSPS) is 16.0. The maximum absolute atomic E-state index is 5.87. The molecule has 0 aliphatic heterocycles. The lowest BCUT2D eigenvalue weighted by molar-refractivity contribution is 0.461. The van der Waals surface area contributed by atoms with Crippen LogP contribution in [-0.2, 0) is 6.54 Å². The molecular weight excluding hydrogens is 262 g/mol. The Kier molecular flexibility index (Phi) is 2.91. The van der Waals surface area contributed by atoms with E-state index in [2.05, 4.69) is 22.0 Å². The number of anilines is 1. The van der Waals surface area contributed by atoms with Crippen LogP contribution in [0, 0.1) is 0 Å². The Balaban J connectivity index is 1.61. The van der Waals surface area contributed by atoms with E-state index in [9.17, 15) is 0 Å². The molecular formula is C16H19N5. The van der Waals surface area contributed by atoms with Crippen LogP contribution in [0.15, 0.2) is 36.7 Å². The molecule has 0 bridgehead atoms. The van der Waals surface area contributed by atoms with Gasteiger partial charge in [-0.05, 0) is 37.1 Å². The van der Waals surface area contributed by atoms with Crippen LogP contribution in [0.5, 0.6) is 0 Å². The van der Waals surface area contributed by atoms with Gasteiger partial charge in [-0.15, -0.1) is 0 Å². The second-order valence-electron chi connectivity index (χ2n) is 5.85. The molecule has 0 amide bonds. The Hall–Kier alpha value is -2.30. The van der Waals surface area contributed by atoms with Crippen LogP contribution in [0.25, 0.3) is 10.9 Å². The lowest BCUT2D eigenvalue weighted by atomic mass is 10.2. The molecule has 0 unspecified atom stereocenters. The van der Waals surface area contributed by atoms with Gasteiger partial charge in [-0.3, -0.25) is 9.36 Å². The van der Waals surface area contributed by atoms with E-state index in [4.69, 9.17) is 10.8 Å². The highest BCUT2D eigenvalue weighted by Gasteiger charge is 2.17. The largest absolute Gasteiger partial charge is 0.399 e. The minimum absolute atomic E-state index is 0.587. The van der Waals surface area contributed by atoms with Crippen molar-refractivity contribution in [2.24, 2.45) is 0 Å². The molecule has 1 aliphatic rings. The molecule has 1 aliphatic carbocycles. The summed E-state index contributed by atoms with van der Waals surface area (Å²) in [6, 6.07) is 8.56. The molecule has 0 saturated heterocycles. The third-order valence-corrected chi connectivity index (χ3v) is 4.34. The zero-order valence-corrected chi connectivity index (χ0v) is 11.9. The average Bonchev–Trinajstić information content (AvgIpc) is 3.20. The van der Waals surface area contributed by atoms with Gasteiger partial charge in [-0.25, -0.2) is 0 Å². The van der Waals surface area contributed by atoms with E-state index in [-0.39, 0.29) is 0 Å². The first kappa shape index (κ1) is 12.4. The van der Waals surface area contributed by atoms with Gasteiger partial charge in [0, 0.05) is 17.3 Å². The third-order valence-electron chi connectivity index (χ3n) is 4.34. The zero-order valence-electron chi connectivity index (χ0n) is 11.9. The van der Waals surface area contributed by atoms with Crippen molar-refractivity contribution in [3.63, 3.8) is 0 Å². The highest BCUT2D eigenvalue weighted by atomic mass is 15.3. The molecule has 1 fully saturated rings. The van der Waals surface area contributed by atoms with Crippen LogP contribution in [0.1, 0.15) is 37.4 Å². The van der Waals surface area contributed by atoms with E-state index in [1.165, 1.54) is 25.7 Å². The maximum atomic E-state index is 5.87. The van der Waals surface area contributed by atoms with Crippen molar-refractivity contribution in [1.29, 1.82) is 0 Å². The van der Waals surface area contributed by atoms with Crippen molar-refractivity contribution >= 4 is 16.6 Å². The van der Waals surface area contributed by atoms with Gasteiger partial charge in [-0.2, -0.15) is 10.2 Å². The predicted octanol–water partition coefficient (Wildman–Crippen LogP) is 2.98. The van der Waals surface area contributed by atoms with Gasteiger partial charge >= 0.3 is 0 Å². The van der Waals surface area contributed by atoms with Crippen molar-refractivity contribution in [2.45, 2.75) is 38.3 Å². The number of benzene rings is 1. The summed E-state index contributed by atoms with van der Waals surface area (Å²) in [7, 11) is 0.